The van der Waals surface area contributed by atoms with Gasteiger partial charge in [0.05, 0.1) is 12.7 Å². The van der Waals surface area contributed by atoms with Gasteiger partial charge in [0, 0.05) is 15.5 Å². The molecule has 0 aliphatic rings. The van der Waals surface area contributed by atoms with E-state index in [9.17, 15) is 9.59 Å². The third-order valence-electron chi connectivity index (χ3n) is 3.54. The molecule has 3 aromatic rings. The highest BCUT2D eigenvalue weighted by atomic mass is 79.9. The van der Waals surface area contributed by atoms with E-state index >= 15 is 0 Å². The number of aromatic nitrogens is 2. The first-order valence-corrected chi connectivity index (χ1v) is 9.49. The smallest absolute Gasteiger partial charge is 0.340 e. The van der Waals surface area contributed by atoms with E-state index in [2.05, 4.69) is 26.3 Å². The van der Waals surface area contributed by atoms with Crippen molar-refractivity contribution < 1.29 is 19.1 Å². The normalized spacial score (nSPS) is 10.5. The minimum atomic E-state index is -0.497. The van der Waals surface area contributed by atoms with Crippen LogP contribution < -0.4 is 10.1 Å². The van der Waals surface area contributed by atoms with E-state index in [-0.39, 0.29) is 12.4 Å². The summed E-state index contributed by atoms with van der Waals surface area (Å²) in [5, 5.41) is 7.35. The molecule has 0 aliphatic heterocycles. The largest absolute Gasteiger partial charge is 0.471 e. The number of methoxy groups -OCH3 is 1. The molecule has 2 aromatic heterocycles. The summed E-state index contributed by atoms with van der Waals surface area (Å²) >= 11 is 4.66. The molecule has 2 heterocycles. The zero-order chi connectivity index (χ0) is 19.4. The van der Waals surface area contributed by atoms with Crippen molar-refractivity contribution in [2.24, 2.45) is 0 Å². The quantitative estimate of drug-likeness (QED) is 0.572. The van der Waals surface area contributed by atoms with Crippen molar-refractivity contribution in [2.75, 3.05) is 12.4 Å². The van der Waals surface area contributed by atoms with Crippen molar-refractivity contribution in [3.05, 3.63) is 63.2 Å². The first-order chi connectivity index (χ1) is 13.0. The van der Waals surface area contributed by atoms with Crippen molar-refractivity contribution in [3.8, 4) is 5.75 Å². The molecular weight excluding hydrogens is 434 g/mol. The van der Waals surface area contributed by atoms with E-state index < -0.39 is 11.9 Å². The highest BCUT2D eigenvalue weighted by Crippen LogP contribution is 2.28. The lowest BCUT2D eigenvalue weighted by atomic mass is 10.3. The molecule has 3 rings (SSSR count). The van der Waals surface area contributed by atoms with E-state index in [0.29, 0.717) is 16.3 Å². The van der Waals surface area contributed by atoms with Gasteiger partial charge in [0.15, 0.2) is 12.4 Å². The molecule has 0 aliphatic carbocycles. The minimum absolute atomic E-state index is 0.167. The van der Waals surface area contributed by atoms with Gasteiger partial charge in [-0.05, 0) is 43.3 Å². The number of esters is 1. The molecule has 9 heteroatoms. The van der Waals surface area contributed by atoms with Gasteiger partial charge in [0.1, 0.15) is 10.8 Å². The lowest BCUT2D eigenvalue weighted by molar-refractivity contribution is 0.0602. The Hall–Kier alpha value is -2.65. The topological polar surface area (TPSA) is 82.5 Å². The second-order valence-electron chi connectivity index (χ2n) is 5.51. The highest BCUT2D eigenvalue weighted by molar-refractivity contribution is 9.10. The SMILES string of the molecule is COC(=O)c1cc(C)sc1NC(=O)c1ccn(COc2ccc(Br)cc2)n1. The van der Waals surface area contributed by atoms with E-state index in [1.165, 1.54) is 23.1 Å². The van der Waals surface area contributed by atoms with Crippen LogP contribution in [0.25, 0.3) is 0 Å². The number of anilines is 1. The Bertz CT molecular complexity index is 965. The van der Waals surface area contributed by atoms with Crippen molar-refractivity contribution in [3.63, 3.8) is 0 Å². The molecule has 1 aromatic carbocycles. The molecule has 0 saturated heterocycles. The number of rotatable bonds is 6. The van der Waals surface area contributed by atoms with Gasteiger partial charge in [0.2, 0.25) is 0 Å². The second-order valence-corrected chi connectivity index (χ2v) is 7.69. The van der Waals surface area contributed by atoms with Gasteiger partial charge in [-0.1, -0.05) is 15.9 Å². The van der Waals surface area contributed by atoms with Crippen LogP contribution in [-0.2, 0) is 11.5 Å². The number of halogens is 1. The Morgan fingerprint density at radius 1 is 1.26 bits per heavy atom. The highest BCUT2D eigenvalue weighted by Gasteiger charge is 2.19. The van der Waals surface area contributed by atoms with E-state index in [4.69, 9.17) is 9.47 Å². The Labute approximate surface area is 168 Å². The van der Waals surface area contributed by atoms with Crippen LogP contribution in [0.4, 0.5) is 5.00 Å². The zero-order valence-corrected chi connectivity index (χ0v) is 17.0. The lowest BCUT2D eigenvalue weighted by Gasteiger charge is -2.06. The van der Waals surface area contributed by atoms with Crippen LogP contribution >= 0.6 is 27.3 Å². The van der Waals surface area contributed by atoms with E-state index in [1.54, 1.807) is 18.3 Å². The fourth-order valence-corrected chi connectivity index (χ4v) is 3.42. The molecule has 27 heavy (non-hydrogen) atoms. The van der Waals surface area contributed by atoms with Crippen LogP contribution in [0.15, 0.2) is 47.1 Å². The van der Waals surface area contributed by atoms with Gasteiger partial charge >= 0.3 is 5.97 Å². The maximum Gasteiger partial charge on any atom is 0.340 e. The fraction of sp³-hybridized carbons (Fsp3) is 0.167. The van der Waals surface area contributed by atoms with Crippen LogP contribution in [0.5, 0.6) is 5.75 Å². The number of amides is 1. The molecule has 0 spiro atoms. The number of carbonyl (C=O) groups is 2. The molecule has 0 unspecified atom stereocenters. The summed E-state index contributed by atoms with van der Waals surface area (Å²) in [5.41, 5.74) is 0.544. The Morgan fingerprint density at radius 3 is 2.70 bits per heavy atom. The molecule has 1 amide bonds. The Balaban J connectivity index is 1.65. The summed E-state index contributed by atoms with van der Waals surface area (Å²) in [6.45, 7) is 2.02. The lowest BCUT2D eigenvalue weighted by Crippen LogP contribution is -2.15. The number of carbonyl (C=O) groups excluding carboxylic acids is 2. The van der Waals surface area contributed by atoms with Crippen molar-refractivity contribution in [1.29, 1.82) is 0 Å². The van der Waals surface area contributed by atoms with Crippen LogP contribution in [0, 0.1) is 6.92 Å². The fourth-order valence-electron chi connectivity index (χ4n) is 2.26. The predicted octanol–water partition coefficient (Wildman–Crippen LogP) is 4.09. The van der Waals surface area contributed by atoms with Gasteiger partial charge in [-0.3, -0.25) is 4.79 Å². The van der Waals surface area contributed by atoms with Crippen LogP contribution in [0.2, 0.25) is 0 Å². The second kappa shape index (κ2) is 8.36. The van der Waals surface area contributed by atoms with Crippen LogP contribution in [0.1, 0.15) is 25.7 Å². The van der Waals surface area contributed by atoms with Gasteiger partial charge in [0.25, 0.3) is 5.91 Å². The molecule has 0 fully saturated rings. The van der Waals surface area contributed by atoms with Gasteiger partial charge in [-0.25, -0.2) is 9.48 Å². The maximum absolute atomic E-state index is 12.4. The van der Waals surface area contributed by atoms with Crippen LogP contribution in [0.3, 0.4) is 0 Å². The first kappa shape index (κ1) is 19.1. The number of aryl methyl sites for hydroxylation is 1. The zero-order valence-electron chi connectivity index (χ0n) is 14.6. The molecule has 0 bridgehead atoms. The van der Waals surface area contributed by atoms with Crippen molar-refractivity contribution in [1.82, 2.24) is 9.78 Å². The number of benzene rings is 1. The number of thiophene rings is 1. The average molecular weight is 450 g/mol. The summed E-state index contributed by atoms with van der Waals surface area (Å²) in [7, 11) is 1.30. The van der Waals surface area contributed by atoms with Gasteiger partial charge in [-0.2, -0.15) is 5.10 Å². The monoisotopic (exact) mass is 449 g/mol. The number of hydrogen-bond acceptors (Lipinski definition) is 6. The summed E-state index contributed by atoms with van der Waals surface area (Å²) in [5.74, 6) is -0.219. The summed E-state index contributed by atoms with van der Waals surface area (Å²) in [6, 6.07) is 10.7. The molecule has 1 N–H and O–H groups in total. The van der Waals surface area contributed by atoms with E-state index in [1.807, 2.05) is 31.2 Å². The molecule has 7 nitrogen and oxygen atoms in total. The third-order valence-corrected chi connectivity index (χ3v) is 5.03. The summed E-state index contributed by atoms with van der Waals surface area (Å²) < 4.78 is 12.8. The Kier molecular flexibility index (Phi) is 5.92. The molecular formula is C18H16BrN3O4S. The molecule has 0 saturated carbocycles. The molecule has 0 radical (unpaired) electrons. The van der Waals surface area contributed by atoms with Crippen molar-refractivity contribution in [2.45, 2.75) is 13.7 Å². The molecule has 0 atom stereocenters. The van der Waals surface area contributed by atoms with Gasteiger partial charge in [-0.15, -0.1) is 11.3 Å². The number of nitrogens with zero attached hydrogens (tertiary/aromatic N) is 2. The average Bonchev–Trinajstić information content (AvgIpc) is 3.27. The Morgan fingerprint density at radius 2 is 2.00 bits per heavy atom. The number of nitrogens with one attached hydrogen (secondary N) is 1. The summed E-state index contributed by atoms with van der Waals surface area (Å²) in [4.78, 5) is 25.1. The van der Waals surface area contributed by atoms with E-state index in [0.717, 1.165) is 9.35 Å². The third kappa shape index (κ3) is 4.75. The molecule has 140 valence electrons. The maximum atomic E-state index is 12.4. The number of ether oxygens (including phenoxy) is 2. The minimum Gasteiger partial charge on any atom is -0.471 e. The van der Waals surface area contributed by atoms with Gasteiger partial charge < -0.3 is 14.8 Å². The van der Waals surface area contributed by atoms with Crippen molar-refractivity contribution >= 4 is 44.1 Å². The summed E-state index contributed by atoms with van der Waals surface area (Å²) in [6.07, 6.45) is 1.65. The predicted molar refractivity (Wildman–Crippen MR) is 105 cm³/mol. The number of hydrogen-bond donors (Lipinski definition) is 1. The van der Waals surface area contributed by atoms with Crippen LogP contribution in [-0.4, -0.2) is 28.8 Å². The standard InChI is InChI=1S/C18H16BrN3O4S/c1-11-9-14(18(24)25-2)17(27-11)20-16(23)15-7-8-22(21-15)10-26-13-5-3-12(19)4-6-13/h3-9H,10H2,1-2H3,(H,20,23). The first-order valence-electron chi connectivity index (χ1n) is 7.88.